The highest BCUT2D eigenvalue weighted by Gasteiger charge is 2.33. The van der Waals surface area contributed by atoms with Gasteiger partial charge in [-0.2, -0.15) is 0 Å². The molecule has 3 fully saturated rings. The second kappa shape index (κ2) is 11.1. The molecule has 0 saturated carbocycles. The minimum Gasteiger partial charge on any atom is -0.381 e. The van der Waals surface area contributed by atoms with Crippen molar-refractivity contribution >= 4 is 11.9 Å². The van der Waals surface area contributed by atoms with Crippen molar-refractivity contribution in [3.8, 4) is 0 Å². The fourth-order valence-electron chi connectivity index (χ4n) is 4.50. The molecule has 3 rings (SSSR count). The summed E-state index contributed by atoms with van der Waals surface area (Å²) in [4.78, 5) is 23.8. The molecule has 3 heterocycles. The first-order valence-corrected chi connectivity index (χ1v) is 11.2. The van der Waals surface area contributed by atoms with Gasteiger partial charge in [0.25, 0.3) is 0 Å². The summed E-state index contributed by atoms with van der Waals surface area (Å²) in [6, 6.07) is 0. The Hall–Kier alpha value is -1.38. The molecule has 0 aromatic heterocycles. The molecule has 0 aliphatic carbocycles. The molecule has 0 spiro atoms. The third-order valence-electron chi connectivity index (χ3n) is 6.61. The number of hydrogen-bond acceptors (Lipinski definition) is 5. The summed E-state index contributed by atoms with van der Waals surface area (Å²) in [6.45, 7) is 8.21. The van der Waals surface area contributed by atoms with Crippen molar-refractivity contribution < 1.29 is 14.3 Å². The summed E-state index contributed by atoms with van der Waals surface area (Å²) in [7, 11) is 3.62. The number of likely N-dealkylation sites (tertiary alicyclic amines) is 1. The van der Waals surface area contributed by atoms with Crippen LogP contribution >= 0.6 is 0 Å². The number of ether oxygens (including phenoxy) is 2. The van der Waals surface area contributed by atoms with E-state index in [1.807, 2.05) is 7.05 Å². The van der Waals surface area contributed by atoms with Crippen molar-refractivity contribution in [2.45, 2.75) is 44.1 Å². The van der Waals surface area contributed by atoms with Crippen LogP contribution in [0.15, 0.2) is 4.99 Å². The van der Waals surface area contributed by atoms with Crippen LogP contribution in [0.2, 0.25) is 0 Å². The molecule has 1 N–H and O–H groups in total. The zero-order valence-corrected chi connectivity index (χ0v) is 18.3. The van der Waals surface area contributed by atoms with Crippen molar-refractivity contribution in [1.29, 1.82) is 0 Å². The van der Waals surface area contributed by atoms with Crippen LogP contribution in [0.4, 0.5) is 0 Å². The molecule has 0 radical (unpaired) electrons. The topological polar surface area (TPSA) is 69.6 Å². The second-order valence-corrected chi connectivity index (χ2v) is 8.46. The minimum atomic E-state index is -0.171. The fourth-order valence-corrected chi connectivity index (χ4v) is 4.50. The largest absolute Gasteiger partial charge is 0.381 e. The quantitative estimate of drug-likeness (QED) is 0.535. The number of rotatable bonds is 5. The van der Waals surface area contributed by atoms with E-state index >= 15 is 0 Å². The van der Waals surface area contributed by atoms with Crippen LogP contribution in [0.1, 0.15) is 38.5 Å². The van der Waals surface area contributed by atoms with Crippen LogP contribution in [0, 0.1) is 0 Å². The smallest absolute Gasteiger partial charge is 0.236 e. The summed E-state index contributed by atoms with van der Waals surface area (Å²) >= 11 is 0. The molecule has 0 aromatic rings. The molecule has 3 saturated heterocycles. The highest BCUT2D eigenvalue weighted by molar-refractivity contribution is 5.80. The minimum absolute atomic E-state index is 0.171. The summed E-state index contributed by atoms with van der Waals surface area (Å²) in [6.07, 6.45) is 6.62. The van der Waals surface area contributed by atoms with Gasteiger partial charge in [0.1, 0.15) is 0 Å². The Labute approximate surface area is 175 Å². The van der Waals surface area contributed by atoms with E-state index in [4.69, 9.17) is 9.47 Å². The van der Waals surface area contributed by atoms with Gasteiger partial charge in [-0.1, -0.05) is 12.8 Å². The maximum absolute atomic E-state index is 12.6. The molecule has 1 amide bonds. The Bertz CT molecular complexity index is 534. The number of hydrogen-bond donors (Lipinski definition) is 1. The van der Waals surface area contributed by atoms with Crippen molar-refractivity contribution in [2.75, 3.05) is 79.7 Å². The first-order valence-electron chi connectivity index (χ1n) is 11.2. The molecule has 29 heavy (non-hydrogen) atoms. The van der Waals surface area contributed by atoms with E-state index in [-0.39, 0.29) is 5.60 Å². The van der Waals surface area contributed by atoms with Crippen molar-refractivity contribution in [3.05, 3.63) is 0 Å². The average molecular weight is 410 g/mol. The van der Waals surface area contributed by atoms with Gasteiger partial charge in [-0.25, -0.2) is 0 Å². The van der Waals surface area contributed by atoms with Crippen molar-refractivity contribution in [2.24, 2.45) is 4.99 Å². The molecular formula is C21H39N5O3. The standard InChI is InChI=1S/C21H39N5O3/c1-22-20(23-18-21(28-2)7-15-29-16-8-21)26-13-11-24(12-14-26)17-19(27)25-9-5-3-4-6-10-25/h3-18H2,1-2H3,(H,22,23). The molecular weight excluding hydrogens is 370 g/mol. The summed E-state index contributed by atoms with van der Waals surface area (Å²) < 4.78 is 11.3. The van der Waals surface area contributed by atoms with Gasteiger partial charge in [-0.05, 0) is 12.8 Å². The number of guanidine groups is 1. The summed E-state index contributed by atoms with van der Waals surface area (Å²) in [5.41, 5.74) is -0.171. The Morgan fingerprint density at radius 1 is 1.00 bits per heavy atom. The Morgan fingerprint density at radius 3 is 2.24 bits per heavy atom. The molecule has 0 atom stereocenters. The third-order valence-corrected chi connectivity index (χ3v) is 6.61. The number of carbonyl (C=O) groups is 1. The van der Waals surface area contributed by atoms with Crippen LogP contribution in [-0.4, -0.2) is 112 Å². The SMILES string of the molecule is CN=C(NCC1(OC)CCOCC1)N1CCN(CC(=O)N2CCCCCC2)CC1. The predicted octanol–water partition coefficient (Wildman–Crippen LogP) is 0.778. The van der Waals surface area contributed by atoms with E-state index in [0.29, 0.717) is 12.5 Å². The van der Waals surface area contributed by atoms with Gasteiger partial charge in [-0.3, -0.25) is 14.7 Å². The Kier molecular flexibility index (Phi) is 8.56. The first-order chi connectivity index (χ1) is 14.2. The number of nitrogens with one attached hydrogen (secondary N) is 1. The lowest BCUT2D eigenvalue weighted by atomic mass is 9.94. The summed E-state index contributed by atoms with van der Waals surface area (Å²) in [5.74, 6) is 1.22. The van der Waals surface area contributed by atoms with Crippen LogP contribution in [0.3, 0.4) is 0 Å². The predicted molar refractivity (Wildman–Crippen MR) is 114 cm³/mol. The van der Waals surface area contributed by atoms with E-state index in [1.165, 1.54) is 12.8 Å². The fraction of sp³-hybridized carbons (Fsp3) is 0.905. The molecule has 3 aliphatic rings. The number of aliphatic imine (C=N–C) groups is 1. The highest BCUT2D eigenvalue weighted by Crippen LogP contribution is 2.23. The second-order valence-electron chi connectivity index (χ2n) is 8.46. The molecule has 0 aromatic carbocycles. The van der Waals surface area contributed by atoms with Crippen LogP contribution in [-0.2, 0) is 14.3 Å². The average Bonchev–Trinajstić information content (AvgIpc) is 3.06. The van der Waals surface area contributed by atoms with Crippen molar-refractivity contribution in [3.63, 3.8) is 0 Å². The van der Waals surface area contributed by atoms with Gasteiger partial charge < -0.3 is 24.6 Å². The van der Waals surface area contributed by atoms with Gasteiger partial charge >= 0.3 is 0 Å². The van der Waals surface area contributed by atoms with E-state index < -0.39 is 0 Å². The third kappa shape index (κ3) is 6.30. The zero-order chi connectivity index (χ0) is 20.5. The molecule has 0 unspecified atom stereocenters. The van der Waals surface area contributed by atoms with E-state index in [1.54, 1.807) is 7.11 Å². The number of piperazine rings is 1. The zero-order valence-electron chi connectivity index (χ0n) is 18.3. The normalized spacial score (nSPS) is 24.3. The van der Waals surface area contributed by atoms with Gasteiger partial charge in [0.05, 0.1) is 12.1 Å². The van der Waals surface area contributed by atoms with E-state index in [0.717, 1.165) is 90.7 Å². The molecule has 166 valence electrons. The lowest BCUT2D eigenvalue weighted by molar-refractivity contribution is -0.132. The molecule has 3 aliphatic heterocycles. The Balaban J connectivity index is 1.43. The highest BCUT2D eigenvalue weighted by atomic mass is 16.5. The first kappa shape index (κ1) is 22.3. The van der Waals surface area contributed by atoms with Crippen LogP contribution in [0.25, 0.3) is 0 Å². The summed E-state index contributed by atoms with van der Waals surface area (Å²) in [5, 5.41) is 3.52. The van der Waals surface area contributed by atoms with Gasteiger partial charge in [0.15, 0.2) is 5.96 Å². The Morgan fingerprint density at radius 2 is 1.66 bits per heavy atom. The van der Waals surface area contributed by atoms with E-state index in [9.17, 15) is 4.79 Å². The lowest BCUT2D eigenvalue weighted by Gasteiger charge is -2.39. The van der Waals surface area contributed by atoms with Crippen molar-refractivity contribution in [1.82, 2.24) is 20.0 Å². The monoisotopic (exact) mass is 409 g/mol. The maximum Gasteiger partial charge on any atom is 0.236 e. The van der Waals surface area contributed by atoms with Gasteiger partial charge in [0.2, 0.25) is 5.91 Å². The van der Waals surface area contributed by atoms with Gasteiger partial charge in [-0.15, -0.1) is 0 Å². The molecule has 0 bridgehead atoms. The van der Waals surface area contributed by atoms with Crippen LogP contribution in [0.5, 0.6) is 0 Å². The van der Waals surface area contributed by atoms with Gasteiger partial charge in [0, 0.05) is 86.0 Å². The molecule has 8 nitrogen and oxygen atoms in total. The van der Waals surface area contributed by atoms with Crippen LogP contribution < -0.4 is 5.32 Å². The number of amides is 1. The number of methoxy groups -OCH3 is 1. The number of nitrogens with zero attached hydrogens (tertiary/aromatic N) is 4. The maximum atomic E-state index is 12.6. The lowest BCUT2D eigenvalue weighted by Crippen LogP contribution is -2.56. The van der Waals surface area contributed by atoms with E-state index in [2.05, 4.69) is 25.0 Å². The molecule has 8 heteroatoms. The number of carbonyl (C=O) groups excluding carboxylic acids is 1.